The van der Waals surface area contributed by atoms with Crippen LogP contribution >= 0.6 is 0 Å². The molecule has 11 nitrogen and oxygen atoms in total. The Bertz CT molecular complexity index is 1620. The SMILES string of the molecule is C=CC(=O)NC1CCN(C(=O)c2ccn3ncnc(Nc4ccc(OC5=CC(=CC)N(/N=C/C)C=C5)c(C)c4)c23)C1. The first-order valence-electron chi connectivity index (χ1n) is 13.3. The van der Waals surface area contributed by atoms with Crippen LogP contribution in [-0.2, 0) is 4.79 Å². The number of likely N-dealkylation sites (tertiary alicyclic amines) is 1. The van der Waals surface area contributed by atoms with E-state index in [1.165, 1.54) is 12.4 Å². The lowest BCUT2D eigenvalue weighted by molar-refractivity contribution is -0.117. The van der Waals surface area contributed by atoms with Crippen molar-refractivity contribution in [3.8, 4) is 5.75 Å². The van der Waals surface area contributed by atoms with E-state index < -0.39 is 0 Å². The molecular weight excluding hydrogens is 520 g/mol. The third kappa shape index (κ3) is 5.88. The summed E-state index contributed by atoms with van der Waals surface area (Å²) in [6.45, 7) is 10.2. The van der Waals surface area contributed by atoms with Crippen LogP contribution in [0.15, 0.2) is 90.4 Å². The van der Waals surface area contributed by atoms with Crippen LogP contribution in [0, 0.1) is 6.92 Å². The first-order valence-corrected chi connectivity index (χ1v) is 13.3. The predicted octanol–water partition coefficient (Wildman–Crippen LogP) is 4.30. The highest BCUT2D eigenvalue weighted by atomic mass is 16.5. The summed E-state index contributed by atoms with van der Waals surface area (Å²) in [6, 6.07) is 7.39. The highest BCUT2D eigenvalue weighted by molar-refractivity contribution is 6.04. The summed E-state index contributed by atoms with van der Waals surface area (Å²) < 4.78 is 7.80. The molecule has 0 saturated carbocycles. The number of fused-ring (bicyclic) bond motifs is 1. The second-order valence-corrected chi connectivity index (χ2v) is 9.58. The van der Waals surface area contributed by atoms with Crippen molar-refractivity contribution in [1.82, 2.24) is 29.8 Å². The number of rotatable bonds is 8. The minimum Gasteiger partial charge on any atom is -0.457 e. The lowest BCUT2D eigenvalue weighted by atomic mass is 10.2. The molecule has 1 unspecified atom stereocenters. The van der Waals surface area contributed by atoms with Crippen molar-refractivity contribution >= 4 is 35.1 Å². The molecule has 2 N–H and O–H groups in total. The number of ether oxygens (including phenoxy) is 1. The van der Waals surface area contributed by atoms with Gasteiger partial charge in [-0.25, -0.2) is 14.5 Å². The molecule has 1 aromatic carbocycles. The summed E-state index contributed by atoms with van der Waals surface area (Å²) >= 11 is 0. The van der Waals surface area contributed by atoms with Crippen LogP contribution in [0.3, 0.4) is 0 Å². The van der Waals surface area contributed by atoms with Gasteiger partial charge in [0.2, 0.25) is 5.91 Å². The zero-order valence-electron chi connectivity index (χ0n) is 23.2. The number of hydrazone groups is 1. The molecule has 3 aromatic rings. The number of amides is 2. The zero-order valence-corrected chi connectivity index (χ0v) is 23.2. The molecule has 2 aliphatic heterocycles. The smallest absolute Gasteiger partial charge is 0.256 e. The number of nitrogens with one attached hydrogen (secondary N) is 2. The summed E-state index contributed by atoms with van der Waals surface area (Å²) in [6.07, 6.45) is 14.4. The topological polar surface area (TPSA) is 116 Å². The first-order chi connectivity index (χ1) is 19.9. The molecule has 0 bridgehead atoms. The van der Waals surface area contributed by atoms with Crippen LogP contribution < -0.4 is 15.4 Å². The molecule has 2 amide bonds. The van der Waals surface area contributed by atoms with Gasteiger partial charge in [0.1, 0.15) is 23.4 Å². The number of hydrogen-bond donors (Lipinski definition) is 2. The molecule has 11 heteroatoms. The number of carbonyl (C=O) groups excluding carboxylic acids is 2. The van der Waals surface area contributed by atoms with Crippen molar-refractivity contribution in [1.29, 1.82) is 0 Å². The fourth-order valence-corrected chi connectivity index (χ4v) is 4.82. The molecule has 0 radical (unpaired) electrons. The number of hydrogen-bond acceptors (Lipinski definition) is 8. The van der Waals surface area contributed by atoms with Gasteiger partial charge < -0.3 is 20.3 Å². The third-order valence-electron chi connectivity index (χ3n) is 6.83. The first kappa shape index (κ1) is 27.4. The van der Waals surface area contributed by atoms with Crippen molar-refractivity contribution in [2.45, 2.75) is 33.2 Å². The Balaban J connectivity index is 1.33. The van der Waals surface area contributed by atoms with Gasteiger partial charge in [0, 0.05) is 49.5 Å². The second kappa shape index (κ2) is 11.9. The van der Waals surface area contributed by atoms with Crippen molar-refractivity contribution in [2.75, 3.05) is 18.4 Å². The molecule has 1 fully saturated rings. The van der Waals surface area contributed by atoms with E-state index in [0.29, 0.717) is 47.9 Å². The van der Waals surface area contributed by atoms with Crippen LogP contribution in [0.4, 0.5) is 11.5 Å². The Hall–Kier alpha value is -5.19. The van der Waals surface area contributed by atoms with Gasteiger partial charge in [-0.15, -0.1) is 0 Å². The normalized spacial score (nSPS) is 17.8. The van der Waals surface area contributed by atoms with Crippen LogP contribution in [0.25, 0.3) is 5.52 Å². The fraction of sp³-hybridized carbons (Fsp3) is 0.233. The number of allylic oxidation sites excluding steroid dienone is 3. The van der Waals surface area contributed by atoms with Crippen molar-refractivity contribution in [3.05, 3.63) is 96.5 Å². The molecule has 0 aliphatic carbocycles. The minimum absolute atomic E-state index is 0.107. The molecular formula is C30H32N8O3. The van der Waals surface area contributed by atoms with Gasteiger partial charge in [-0.2, -0.15) is 10.2 Å². The highest BCUT2D eigenvalue weighted by Crippen LogP contribution is 2.30. The van der Waals surface area contributed by atoms with Crippen molar-refractivity contribution in [2.24, 2.45) is 5.10 Å². The molecule has 1 atom stereocenters. The van der Waals surface area contributed by atoms with E-state index in [1.54, 1.807) is 32.9 Å². The maximum Gasteiger partial charge on any atom is 0.256 e. The van der Waals surface area contributed by atoms with Gasteiger partial charge in [-0.3, -0.25) is 9.59 Å². The number of anilines is 2. The van der Waals surface area contributed by atoms with E-state index in [-0.39, 0.29) is 17.9 Å². The summed E-state index contributed by atoms with van der Waals surface area (Å²) in [5, 5.41) is 16.6. The molecule has 2 aliphatic rings. The predicted molar refractivity (Wildman–Crippen MR) is 158 cm³/mol. The van der Waals surface area contributed by atoms with Crippen LogP contribution in [0.5, 0.6) is 5.75 Å². The number of aryl methyl sites for hydroxylation is 1. The van der Waals surface area contributed by atoms with Gasteiger partial charge in [-0.1, -0.05) is 12.7 Å². The van der Waals surface area contributed by atoms with Gasteiger partial charge in [0.25, 0.3) is 5.91 Å². The Kier molecular flexibility index (Phi) is 7.95. The Morgan fingerprint density at radius 3 is 2.85 bits per heavy atom. The summed E-state index contributed by atoms with van der Waals surface area (Å²) in [4.78, 5) is 31.3. The maximum atomic E-state index is 13.5. The Morgan fingerprint density at radius 1 is 1.24 bits per heavy atom. The quantitative estimate of drug-likeness (QED) is 0.316. The van der Waals surface area contributed by atoms with E-state index >= 15 is 0 Å². The minimum atomic E-state index is -0.243. The van der Waals surface area contributed by atoms with E-state index in [1.807, 2.05) is 63.4 Å². The number of carbonyl (C=O) groups is 2. The summed E-state index contributed by atoms with van der Waals surface area (Å²) in [5.41, 5.74) is 3.67. The molecule has 5 rings (SSSR count). The number of aromatic nitrogens is 3. The van der Waals surface area contributed by atoms with Gasteiger partial charge in [0.05, 0.1) is 11.3 Å². The molecule has 4 heterocycles. The second-order valence-electron chi connectivity index (χ2n) is 9.58. The molecule has 0 spiro atoms. The molecule has 1 saturated heterocycles. The van der Waals surface area contributed by atoms with Gasteiger partial charge in [0.15, 0.2) is 5.82 Å². The fourth-order valence-electron chi connectivity index (χ4n) is 4.82. The van der Waals surface area contributed by atoms with E-state index in [2.05, 4.69) is 32.4 Å². The average Bonchev–Trinajstić information content (AvgIpc) is 3.63. The molecule has 210 valence electrons. The summed E-state index contributed by atoms with van der Waals surface area (Å²) in [5.74, 6) is 1.54. The molecule has 41 heavy (non-hydrogen) atoms. The van der Waals surface area contributed by atoms with E-state index in [9.17, 15) is 9.59 Å². The third-order valence-corrected chi connectivity index (χ3v) is 6.83. The summed E-state index contributed by atoms with van der Waals surface area (Å²) in [7, 11) is 0. The van der Waals surface area contributed by atoms with Crippen LogP contribution in [0.2, 0.25) is 0 Å². The highest BCUT2D eigenvalue weighted by Gasteiger charge is 2.29. The largest absolute Gasteiger partial charge is 0.457 e. The maximum absolute atomic E-state index is 13.5. The van der Waals surface area contributed by atoms with E-state index in [4.69, 9.17) is 4.74 Å². The monoisotopic (exact) mass is 552 g/mol. The zero-order chi connectivity index (χ0) is 28.9. The van der Waals surface area contributed by atoms with Gasteiger partial charge >= 0.3 is 0 Å². The number of benzene rings is 1. The molecule has 2 aromatic heterocycles. The van der Waals surface area contributed by atoms with Crippen LogP contribution in [-0.4, -0.2) is 61.7 Å². The lowest BCUT2D eigenvalue weighted by Gasteiger charge is -2.21. The van der Waals surface area contributed by atoms with Crippen molar-refractivity contribution in [3.63, 3.8) is 0 Å². The Morgan fingerprint density at radius 2 is 2.10 bits per heavy atom. The standard InChI is InChI=1S/C30H32N8O3/c1-5-23-17-24(11-14-37(23)32-7-3)41-26-9-8-21(16-20(26)4)35-29-28-25(12-15-38(28)33-19-31-29)30(40)36-13-10-22(18-36)34-27(39)6-2/h5-9,11-12,14-17,19,22H,2,10,13,18H2,1,3-4H3,(H,34,39)(H,31,33,35)/b23-5?,32-7+. The Labute approximate surface area is 238 Å². The number of nitrogens with zero attached hydrogens (tertiary/aromatic N) is 6. The van der Waals surface area contributed by atoms with Crippen LogP contribution in [0.1, 0.15) is 36.2 Å². The van der Waals surface area contributed by atoms with Crippen molar-refractivity contribution < 1.29 is 14.3 Å². The average molecular weight is 553 g/mol. The lowest BCUT2D eigenvalue weighted by Crippen LogP contribution is -2.37. The van der Waals surface area contributed by atoms with Gasteiger partial charge in [-0.05, 0) is 69.2 Å². The van der Waals surface area contributed by atoms with E-state index in [0.717, 1.165) is 16.9 Å².